The van der Waals surface area contributed by atoms with E-state index in [4.69, 9.17) is 34.4 Å². The van der Waals surface area contributed by atoms with Crippen LogP contribution in [-0.4, -0.2) is 140 Å². The van der Waals surface area contributed by atoms with Gasteiger partial charge in [-0.3, -0.25) is 29.5 Å². The molecule has 5 atom stereocenters. The Kier molecular flexibility index (Phi) is 14.2. The van der Waals surface area contributed by atoms with E-state index < -0.39 is 38.5 Å². The van der Waals surface area contributed by atoms with Gasteiger partial charge in [0.1, 0.15) is 28.9 Å². The van der Waals surface area contributed by atoms with Gasteiger partial charge in [-0.15, -0.1) is 0 Å². The number of aromatic amines is 1. The number of anilines is 4. The van der Waals surface area contributed by atoms with Crippen LogP contribution < -0.4 is 40.6 Å². The average Bonchev–Trinajstić information content (AvgIpc) is 0.840. The van der Waals surface area contributed by atoms with E-state index in [1.165, 1.54) is 17.2 Å². The fraction of sp³-hybridized carbons (Fsp3) is 0.516. The Morgan fingerprint density at radius 2 is 1.70 bits per heavy atom. The number of nitrogens with one attached hydrogen (secondary N) is 2. The number of carbonyl (C=O) groups is 1. The number of nitro benzene ring substituents is 1. The highest BCUT2D eigenvalue weighted by Gasteiger charge is 2.52. The number of nitrogens with zero attached hydrogens (tertiary/aromatic N) is 7. The highest BCUT2D eigenvalue weighted by Crippen LogP contribution is 2.56. The maximum atomic E-state index is 16.4. The number of amides is 1. The summed E-state index contributed by atoms with van der Waals surface area (Å²) < 4.78 is 65.0. The molecular formula is C64H76N10O11S. The lowest BCUT2D eigenvalue weighted by molar-refractivity contribution is -0.384. The second-order valence-corrected chi connectivity index (χ2v) is 27.9. The number of benzene rings is 3. The molecule has 0 bridgehead atoms. The van der Waals surface area contributed by atoms with Gasteiger partial charge >= 0.3 is 0 Å². The van der Waals surface area contributed by atoms with Gasteiger partial charge < -0.3 is 54.1 Å². The van der Waals surface area contributed by atoms with Crippen molar-refractivity contribution in [1.29, 1.82) is 0 Å². The highest BCUT2D eigenvalue weighted by atomic mass is 32.2. The molecule has 14 rings (SSSR count). The minimum Gasteiger partial charge on any atom is -0.489 e. The minimum absolute atomic E-state index is 0.00555. The number of piperidine rings is 1. The van der Waals surface area contributed by atoms with Crippen molar-refractivity contribution in [2.45, 2.75) is 131 Å². The van der Waals surface area contributed by atoms with Crippen molar-refractivity contribution in [2.75, 3.05) is 87.5 Å². The van der Waals surface area contributed by atoms with Crippen LogP contribution in [0.3, 0.4) is 0 Å². The number of aryl methyl sites for hydroxylation is 2. The third kappa shape index (κ3) is 9.55. The Balaban J connectivity index is 0.807. The summed E-state index contributed by atoms with van der Waals surface area (Å²) in [5, 5.41) is 17.3. The lowest BCUT2D eigenvalue weighted by atomic mass is 9.59. The molecule has 86 heavy (non-hydrogen) atoms. The number of aromatic nitrogens is 3. The van der Waals surface area contributed by atoms with E-state index in [0.29, 0.717) is 74.8 Å². The monoisotopic (exact) mass is 1190 g/mol. The average molecular weight is 1190 g/mol. The fourth-order valence-corrected chi connectivity index (χ4v) is 17.4. The Labute approximate surface area is 500 Å². The molecule has 454 valence electrons. The molecule has 3 aromatic heterocycles. The first-order valence-electron chi connectivity index (χ1n) is 30.6. The van der Waals surface area contributed by atoms with E-state index in [-0.39, 0.29) is 92.0 Å². The quantitative estimate of drug-likeness (QED) is 0.0812. The van der Waals surface area contributed by atoms with Gasteiger partial charge in [0.2, 0.25) is 15.7 Å². The molecule has 1 aliphatic carbocycles. The molecule has 22 heteroatoms. The Morgan fingerprint density at radius 3 is 2.47 bits per heavy atom. The van der Waals surface area contributed by atoms with Gasteiger partial charge in [-0.25, -0.2) is 8.42 Å². The van der Waals surface area contributed by atoms with Crippen LogP contribution in [0.4, 0.5) is 28.4 Å². The smallest absolute Gasteiger partial charge is 0.297 e. The van der Waals surface area contributed by atoms with E-state index in [1.807, 2.05) is 30.3 Å². The first-order chi connectivity index (χ1) is 41.4. The molecule has 6 aromatic rings. The van der Waals surface area contributed by atoms with Crippen molar-refractivity contribution in [3.05, 3.63) is 121 Å². The van der Waals surface area contributed by atoms with Crippen LogP contribution >= 0.6 is 0 Å². The van der Waals surface area contributed by atoms with Crippen molar-refractivity contribution in [2.24, 2.45) is 24.1 Å². The number of sulfone groups is 1. The normalized spacial score (nSPS) is 24.4. The zero-order chi connectivity index (χ0) is 59.6. The molecule has 0 unspecified atom stereocenters. The van der Waals surface area contributed by atoms with Crippen LogP contribution in [0, 0.1) is 28.4 Å². The number of ether oxygens (including phenoxy) is 5. The lowest BCUT2D eigenvalue weighted by Gasteiger charge is -2.59. The lowest BCUT2D eigenvalue weighted by Crippen LogP contribution is -2.60. The molecule has 3 aromatic carbocycles. The fourth-order valence-electron chi connectivity index (χ4n) is 15.7. The van der Waals surface area contributed by atoms with Crippen LogP contribution in [0.1, 0.15) is 117 Å². The first-order valence-corrected chi connectivity index (χ1v) is 32.1. The van der Waals surface area contributed by atoms with Gasteiger partial charge in [0.25, 0.3) is 17.2 Å². The van der Waals surface area contributed by atoms with Crippen LogP contribution in [0.15, 0.2) is 87.6 Å². The molecule has 7 aliphatic heterocycles. The van der Waals surface area contributed by atoms with Gasteiger partial charge in [-0.1, -0.05) is 38.1 Å². The Bertz CT molecular complexity index is 3860. The minimum atomic E-state index is -4.82. The van der Waals surface area contributed by atoms with Crippen molar-refractivity contribution in [3.8, 4) is 17.4 Å². The number of pyridine rings is 2. The third-order valence-electron chi connectivity index (χ3n) is 20.6. The maximum absolute atomic E-state index is 16.4. The van der Waals surface area contributed by atoms with E-state index >= 15 is 8.42 Å². The van der Waals surface area contributed by atoms with Crippen LogP contribution in [-0.2, 0) is 31.8 Å². The summed E-state index contributed by atoms with van der Waals surface area (Å²) in [7, 11) is -3.01. The summed E-state index contributed by atoms with van der Waals surface area (Å²) in [6.07, 6.45) is 9.46. The number of hydrogen-bond acceptors (Lipinski definition) is 17. The number of fused-ring (bicyclic) bond motifs is 5. The highest BCUT2D eigenvalue weighted by molar-refractivity contribution is 7.91. The molecule has 10 heterocycles. The van der Waals surface area contributed by atoms with E-state index in [0.717, 1.165) is 87.2 Å². The number of H-pyrrole nitrogens is 1. The topological polar surface area (TPSA) is 242 Å². The number of nitro groups is 1. The molecule has 1 saturated carbocycles. The number of carbonyl (C=O) groups excluding carboxylic acids is 1. The van der Waals surface area contributed by atoms with E-state index in [9.17, 15) is 19.7 Å². The number of nitrogens with two attached hydrogens (primary N) is 1. The van der Waals surface area contributed by atoms with Gasteiger partial charge in [0.05, 0.1) is 52.1 Å². The van der Waals surface area contributed by atoms with Crippen molar-refractivity contribution >= 4 is 55.2 Å². The van der Waals surface area contributed by atoms with E-state index in [2.05, 4.69) is 77.0 Å². The number of primary amides is 1. The third-order valence-corrected chi connectivity index (χ3v) is 22.4. The van der Waals surface area contributed by atoms with Crippen LogP contribution in [0.25, 0.3) is 11.0 Å². The predicted octanol–water partition coefficient (Wildman–Crippen LogP) is 8.63. The van der Waals surface area contributed by atoms with Crippen LogP contribution in [0.2, 0.25) is 0 Å². The number of hydrogen-bond donors (Lipinski definition) is 3. The van der Waals surface area contributed by atoms with Crippen LogP contribution in [0.5, 0.6) is 17.4 Å². The standard InChI is InChI=1S/C64H76N10O11S/c1-37-8-6-7-9-43(37)51-34-71(38(2)45-33-69(5)62(76)57-54(45)63(3,4)18-27-83-57)22-23-72(51)41-31-64(32-41)16-20-70(21-17-64)48-11-10-44(59(65)75)56(73-47-15-26-82-36-53(47)85-61-50(73)28-40-12-19-66-60(40)68-61)58(48)86(79,80)42-29-49(74(77)78)55-52(30-42)84-35-46(67-55)39-13-24-81-25-14-39/h6-12,19,28-30,33,38-39,41,46-47,51,53,67H,13-18,20-27,31-32,34-36H2,1-5H3,(H2,65,75)(H,66,68)/t38-,46-,47-,51-,53-/m0/s1. The molecule has 21 nitrogen and oxygen atoms in total. The van der Waals surface area contributed by atoms with Gasteiger partial charge in [0, 0.05) is 113 Å². The second kappa shape index (κ2) is 21.6. The molecule has 4 saturated heterocycles. The zero-order valence-electron chi connectivity index (χ0n) is 49.5. The molecule has 1 amide bonds. The molecule has 0 radical (unpaired) electrons. The summed E-state index contributed by atoms with van der Waals surface area (Å²) in [5.74, 6) is 0.0477. The molecule has 5 fully saturated rings. The van der Waals surface area contributed by atoms with Crippen molar-refractivity contribution in [1.82, 2.24) is 24.3 Å². The molecule has 4 N–H and O–H groups in total. The Hall–Kier alpha value is -7.24. The van der Waals surface area contributed by atoms with E-state index in [1.54, 1.807) is 22.9 Å². The summed E-state index contributed by atoms with van der Waals surface area (Å²) >= 11 is 0. The SMILES string of the molecule is Cc1ccccc1[C@@H]1CN([C@@H](C)c2cn(C)c(=O)c3c2C(C)(C)CCO3)CCN1C1CC2(CCN(c3ccc(C(N)=O)c(N4c5cc6cc[nH]c6nc5O[C@H]5COCC[C@@H]54)c3S(=O)(=O)c3cc4c(c([N+](=O)[O-])c3)N[C@H](C3CCOCC3)CO4)CC2)C1. The van der Waals surface area contributed by atoms with Crippen molar-refractivity contribution < 1.29 is 41.8 Å². The summed E-state index contributed by atoms with van der Waals surface area (Å²) in [4.78, 5) is 57.0. The predicted molar refractivity (Wildman–Crippen MR) is 324 cm³/mol. The second-order valence-electron chi connectivity index (χ2n) is 26.0. The van der Waals surface area contributed by atoms with Gasteiger partial charge in [-0.2, -0.15) is 4.98 Å². The maximum Gasteiger partial charge on any atom is 0.297 e. The number of rotatable bonds is 11. The number of piperazine rings is 1. The summed E-state index contributed by atoms with van der Waals surface area (Å²) in [6.45, 7) is 14.8. The summed E-state index contributed by atoms with van der Waals surface area (Å²) in [5.41, 5.74) is 11.9. The zero-order valence-corrected chi connectivity index (χ0v) is 50.3. The van der Waals surface area contributed by atoms with Gasteiger partial charge in [0.15, 0.2) is 17.2 Å². The summed E-state index contributed by atoms with van der Waals surface area (Å²) in [6, 6.07) is 17.9. The first kappa shape index (κ1) is 56.6. The molecule has 8 aliphatic rings. The molecule has 1 spiro atoms. The molecular weight excluding hydrogens is 1120 g/mol. The Morgan fingerprint density at radius 1 is 0.919 bits per heavy atom. The largest absolute Gasteiger partial charge is 0.489 e. The van der Waals surface area contributed by atoms with Crippen molar-refractivity contribution in [3.63, 3.8) is 0 Å². The van der Waals surface area contributed by atoms with Gasteiger partial charge in [-0.05, 0) is 123 Å².